The molecule has 0 saturated carbocycles. The van der Waals surface area contributed by atoms with Gasteiger partial charge in [-0.2, -0.15) is 5.10 Å². The summed E-state index contributed by atoms with van der Waals surface area (Å²) in [5.74, 6) is -1.83. The number of halogens is 2. The number of nitrogens with one attached hydrogen (secondary N) is 2. The van der Waals surface area contributed by atoms with Gasteiger partial charge in [0.25, 0.3) is 0 Å². The number of benzene rings is 1. The van der Waals surface area contributed by atoms with Gasteiger partial charge in [0.2, 0.25) is 0 Å². The van der Waals surface area contributed by atoms with Gasteiger partial charge in [0, 0.05) is 6.20 Å². The van der Waals surface area contributed by atoms with E-state index in [2.05, 4.69) is 20.8 Å². The van der Waals surface area contributed by atoms with Crippen LogP contribution in [0.4, 0.5) is 14.5 Å². The normalized spacial score (nSPS) is 10.5. The van der Waals surface area contributed by atoms with Crippen molar-refractivity contribution in [2.75, 3.05) is 5.32 Å². The first kappa shape index (κ1) is 14.0. The molecular formula is C13H10F2N4S. The van der Waals surface area contributed by atoms with Crippen LogP contribution in [0.5, 0.6) is 0 Å². The average molecular weight is 292 g/mol. The van der Waals surface area contributed by atoms with Gasteiger partial charge in [-0.15, -0.1) is 0 Å². The van der Waals surface area contributed by atoms with E-state index >= 15 is 0 Å². The van der Waals surface area contributed by atoms with Crippen molar-refractivity contribution in [2.24, 2.45) is 5.10 Å². The summed E-state index contributed by atoms with van der Waals surface area (Å²) in [5, 5.41) is 6.94. The maximum Gasteiger partial charge on any atom is 0.191 e. The zero-order chi connectivity index (χ0) is 14.4. The summed E-state index contributed by atoms with van der Waals surface area (Å²) < 4.78 is 25.7. The molecule has 0 bridgehead atoms. The highest BCUT2D eigenvalue weighted by Gasteiger charge is 2.00. The van der Waals surface area contributed by atoms with Crippen molar-refractivity contribution in [1.29, 1.82) is 0 Å². The average Bonchev–Trinajstić information content (AvgIpc) is 2.44. The maximum atomic E-state index is 13.0. The van der Waals surface area contributed by atoms with Gasteiger partial charge in [-0.3, -0.25) is 10.4 Å². The van der Waals surface area contributed by atoms with Crippen LogP contribution in [0.25, 0.3) is 0 Å². The summed E-state index contributed by atoms with van der Waals surface area (Å²) in [6.07, 6.45) is 4.58. The van der Waals surface area contributed by atoms with Gasteiger partial charge in [0.15, 0.2) is 16.7 Å². The van der Waals surface area contributed by atoms with E-state index in [4.69, 9.17) is 12.2 Å². The van der Waals surface area contributed by atoms with Crippen LogP contribution >= 0.6 is 12.2 Å². The Morgan fingerprint density at radius 1 is 1.25 bits per heavy atom. The van der Waals surface area contributed by atoms with Gasteiger partial charge in [-0.1, -0.05) is 6.07 Å². The first-order chi connectivity index (χ1) is 9.65. The second-order valence-electron chi connectivity index (χ2n) is 3.74. The Morgan fingerprint density at radius 2 is 2.10 bits per heavy atom. The van der Waals surface area contributed by atoms with Crippen molar-refractivity contribution in [1.82, 2.24) is 10.4 Å². The highest BCUT2D eigenvalue weighted by Crippen LogP contribution is 2.06. The van der Waals surface area contributed by atoms with Gasteiger partial charge in [-0.05, 0) is 42.0 Å². The summed E-state index contributed by atoms with van der Waals surface area (Å²) in [6, 6.07) is 7.03. The number of pyridine rings is 1. The summed E-state index contributed by atoms with van der Waals surface area (Å²) in [4.78, 5) is 3.92. The minimum atomic E-state index is -0.926. The maximum absolute atomic E-state index is 13.0. The minimum Gasteiger partial charge on any atom is -0.330 e. The fourth-order valence-electron chi connectivity index (χ4n) is 1.35. The van der Waals surface area contributed by atoms with E-state index < -0.39 is 11.6 Å². The van der Waals surface area contributed by atoms with Gasteiger partial charge < -0.3 is 5.32 Å². The molecule has 1 aromatic heterocycles. The van der Waals surface area contributed by atoms with E-state index in [0.717, 1.165) is 12.1 Å². The quantitative estimate of drug-likeness (QED) is 0.519. The molecule has 2 aromatic rings. The van der Waals surface area contributed by atoms with Crippen LogP contribution < -0.4 is 10.7 Å². The Bertz CT molecular complexity index is 632. The van der Waals surface area contributed by atoms with Crippen molar-refractivity contribution >= 4 is 29.2 Å². The van der Waals surface area contributed by atoms with E-state index in [9.17, 15) is 8.78 Å². The van der Waals surface area contributed by atoms with E-state index in [0.29, 0.717) is 11.3 Å². The Kier molecular flexibility index (Phi) is 4.67. The number of thiocarbonyl (C=S) groups is 1. The lowest BCUT2D eigenvalue weighted by atomic mass is 10.2. The van der Waals surface area contributed by atoms with Crippen LogP contribution in [-0.2, 0) is 0 Å². The molecule has 7 heteroatoms. The smallest absolute Gasteiger partial charge is 0.191 e. The Balaban J connectivity index is 1.89. The lowest BCUT2D eigenvalue weighted by Gasteiger charge is -2.05. The molecule has 0 fully saturated rings. The number of rotatable bonds is 3. The Labute approximate surface area is 119 Å². The number of anilines is 1. The number of aromatic nitrogens is 1. The predicted molar refractivity (Wildman–Crippen MR) is 77.5 cm³/mol. The van der Waals surface area contributed by atoms with Crippen LogP contribution in [0.15, 0.2) is 47.8 Å². The molecule has 0 spiro atoms. The molecule has 0 aliphatic carbocycles. The molecule has 0 amide bonds. The fraction of sp³-hybridized carbons (Fsp3) is 0. The van der Waals surface area contributed by atoms with Crippen LogP contribution in [0.3, 0.4) is 0 Å². The van der Waals surface area contributed by atoms with E-state index in [1.54, 1.807) is 24.5 Å². The molecule has 0 aliphatic rings. The minimum absolute atomic E-state index is 0.261. The molecule has 2 rings (SSSR count). The first-order valence-corrected chi connectivity index (χ1v) is 6.01. The van der Waals surface area contributed by atoms with Crippen molar-refractivity contribution in [2.45, 2.75) is 0 Å². The van der Waals surface area contributed by atoms with Crippen LogP contribution in [-0.4, -0.2) is 16.3 Å². The van der Waals surface area contributed by atoms with E-state index in [1.807, 2.05) is 0 Å². The third kappa shape index (κ3) is 4.06. The predicted octanol–water partition coefficient (Wildman–Crippen LogP) is 2.68. The van der Waals surface area contributed by atoms with Crippen LogP contribution in [0.1, 0.15) is 5.56 Å². The topological polar surface area (TPSA) is 49.3 Å². The van der Waals surface area contributed by atoms with Crippen molar-refractivity contribution in [3.8, 4) is 0 Å². The Morgan fingerprint density at radius 3 is 2.80 bits per heavy atom. The molecule has 0 unspecified atom stereocenters. The van der Waals surface area contributed by atoms with Crippen molar-refractivity contribution < 1.29 is 8.78 Å². The van der Waals surface area contributed by atoms with Gasteiger partial charge in [0.05, 0.1) is 18.1 Å². The Hall–Kier alpha value is -2.41. The molecular weight excluding hydrogens is 282 g/mol. The van der Waals surface area contributed by atoms with Crippen molar-refractivity contribution in [3.05, 3.63) is 59.9 Å². The largest absolute Gasteiger partial charge is 0.330 e. The number of nitrogens with zero attached hydrogens (tertiary/aromatic N) is 2. The molecule has 1 heterocycles. The number of hydrazone groups is 1. The van der Waals surface area contributed by atoms with E-state index in [1.165, 1.54) is 12.3 Å². The lowest BCUT2D eigenvalue weighted by Crippen LogP contribution is -2.23. The lowest BCUT2D eigenvalue weighted by molar-refractivity contribution is 0.508. The summed E-state index contributed by atoms with van der Waals surface area (Å²) in [7, 11) is 0. The zero-order valence-corrected chi connectivity index (χ0v) is 11.0. The monoisotopic (exact) mass is 292 g/mol. The fourth-order valence-corrected chi connectivity index (χ4v) is 1.52. The molecule has 0 atom stereocenters. The SMILES string of the molecule is Fc1ccc(/C=N\NC(=S)Nc2cccnc2)cc1F. The molecule has 0 radical (unpaired) electrons. The third-order valence-corrected chi connectivity index (χ3v) is 2.44. The third-order valence-electron chi connectivity index (χ3n) is 2.24. The number of hydrogen-bond donors (Lipinski definition) is 2. The molecule has 0 aliphatic heterocycles. The second-order valence-corrected chi connectivity index (χ2v) is 4.15. The second kappa shape index (κ2) is 6.67. The van der Waals surface area contributed by atoms with Crippen molar-refractivity contribution in [3.63, 3.8) is 0 Å². The highest BCUT2D eigenvalue weighted by atomic mass is 32.1. The molecule has 4 nitrogen and oxygen atoms in total. The molecule has 0 saturated heterocycles. The van der Waals surface area contributed by atoms with E-state index in [-0.39, 0.29) is 5.11 Å². The zero-order valence-electron chi connectivity index (χ0n) is 10.2. The molecule has 102 valence electrons. The molecule has 1 aromatic carbocycles. The van der Waals surface area contributed by atoms with Crippen LogP contribution in [0.2, 0.25) is 0 Å². The molecule has 20 heavy (non-hydrogen) atoms. The summed E-state index contributed by atoms with van der Waals surface area (Å²) >= 11 is 5.00. The summed E-state index contributed by atoms with van der Waals surface area (Å²) in [5.41, 5.74) is 3.69. The highest BCUT2D eigenvalue weighted by molar-refractivity contribution is 7.80. The van der Waals surface area contributed by atoms with Gasteiger partial charge >= 0.3 is 0 Å². The standard InChI is InChI=1S/C13H10F2N4S/c14-11-4-3-9(6-12(11)15)7-17-19-13(20)18-10-2-1-5-16-8-10/h1-8H,(H2,18,19,20)/b17-7-. The molecule has 2 N–H and O–H groups in total. The number of hydrogen-bond acceptors (Lipinski definition) is 3. The van der Waals surface area contributed by atoms with Crippen LogP contribution in [0, 0.1) is 11.6 Å². The summed E-state index contributed by atoms with van der Waals surface area (Å²) in [6.45, 7) is 0. The van der Waals surface area contributed by atoms with Gasteiger partial charge in [0.1, 0.15) is 0 Å². The first-order valence-electron chi connectivity index (χ1n) is 5.60. The van der Waals surface area contributed by atoms with Gasteiger partial charge in [-0.25, -0.2) is 8.78 Å².